The average Bonchev–Trinajstić information content (AvgIpc) is 2.20. The van der Waals surface area contributed by atoms with Gasteiger partial charge in [-0.2, -0.15) is 0 Å². The quantitative estimate of drug-likeness (QED) is 0.574. The maximum atomic E-state index is 11.1. The van der Waals surface area contributed by atoms with Crippen LogP contribution in [0, 0.1) is 0 Å². The number of rotatable bonds is 4. The fraction of sp³-hybridized carbons (Fsp3) is 0.417. The maximum absolute atomic E-state index is 11.1. The number of benzene rings is 1. The number of carbonyl (C=O) groups is 1. The van der Waals surface area contributed by atoms with Crippen molar-refractivity contribution in [3.05, 3.63) is 28.8 Å². The van der Waals surface area contributed by atoms with E-state index in [2.05, 4.69) is 13.8 Å². The topological polar surface area (TPSA) is 17.1 Å². The zero-order chi connectivity index (χ0) is 11.4. The molecular weight excluding hydrogens is 228 g/mol. The lowest BCUT2D eigenvalue weighted by Gasteiger charge is -2.10. The minimum atomic E-state index is 0.0528. The van der Waals surface area contributed by atoms with Gasteiger partial charge in [0.25, 0.3) is 0 Å². The van der Waals surface area contributed by atoms with E-state index in [4.69, 9.17) is 11.6 Å². The van der Waals surface area contributed by atoms with Crippen LogP contribution < -0.4 is 0 Å². The molecular formula is C12H15ClOS. The van der Waals surface area contributed by atoms with Crippen LogP contribution in [-0.2, 0) is 0 Å². The fourth-order valence-electron chi connectivity index (χ4n) is 1.12. The Kier molecular flexibility index (Phi) is 4.68. The third-order valence-corrected chi connectivity index (χ3v) is 4.01. The van der Waals surface area contributed by atoms with Crippen LogP contribution in [0.25, 0.3) is 0 Å². The standard InChI is InChI=1S/C12H15ClOS/c1-4-8(2)15-12-6-5-10(9(3)14)7-11(12)13/h5-8H,4H2,1-3H3. The second-order valence-corrected chi connectivity index (χ2v) is 5.43. The first-order chi connectivity index (χ1) is 7.04. The van der Waals surface area contributed by atoms with E-state index in [9.17, 15) is 4.79 Å². The highest BCUT2D eigenvalue weighted by Gasteiger charge is 2.08. The number of thioether (sulfide) groups is 1. The summed E-state index contributed by atoms with van der Waals surface area (Å²) in [7, 11) is 0. The van der Waals surface area contributed by atoms with E-state index in [1.807, 2.05) is 12.1 Å². The van der Waals surface area contributed by atoms with Gasteiger partial charge in [0.15, 0.2) is 5.78 Å². The Labute approximate surface area is 100 Å². The molecule has 0 amide bonds. The average molecular weight is 243 g/mol. The third-order valence-electron chi connectivity index (χ3n) is 2.24. The lowest BCUT2D eigenvalue weighted by atomic mass is 10.1. The van der Waals surface area contributed by atoms with Crippen LogP contribution in [0.4, 0.5) is 0 Å². The van der Waals surface area contributed by atoms with Crippen molar-refractivity contribution in [3.8, 4) is 0 Å². The number of hydrogen-bond donors (Lipinski definition) is 0. The molecule has 0 heterocycles. The first kappa shape index (κ1) is 12.6. The Balaban J connectivity index is 2.88. The van der Waals surface area contributed by atoms with Gasteiger partial charge in [0.1, 0.15) is 0 Å². The van der Waals surface area contributed by atoms with E-state index in [1.165, 1.54) is 0 Å². The second kappa shape index (κ2) is 5.57. The Morgan fingerprint density at radius 1 is 1.53 bits per heavy atom. The number of ketones is 1. The second-order valence-electron chi connectivity index (χ2n) is 3.54. The summed E-state index contributed by atoms with van der Waals surface area (Å²) in [6, 6.07) is 5.50. The van der Waals surface area contributed by atoms with Crippen LogP contribution in [0.15, 0.2) is 23.1 Å². The molecule has 0 aromatic heterocycles. The fourth-order valence-corrected chi connectivity index (χ4v) is 2.35. The zero-order valence-electron chi connectivity index (χ0n) is 9.21. The maximum Gasteiger partial charge on any atom is 0.159 e. The first-order valence-corrected chi connectivity index (χ1v) is 6.27. The van der Waals surface area contributed by atoms with Crippen molar-refractivity contribution >= 4 is 29.1 Å². The smallest absolute Gasteiger partial charge is 0.159 e. The molecule has 0 aliphatic carbocycles. The Morgan fingerprint density at radius 3 is 2.67 bits per heavy atom. The van der Waals surface area contributed by atoms with E-state index < -0.39 is 0 Å². The van der Waals surface area contributed by atoms with Crippen molar-refractivity contribution in [1.82, 2.24) is 0 Å². The highest BCUT2D eigenvalue weighted by atomic mass is 35.5. The summed E-state index contributed by atoms with van der Waals surface area (Å²) in [5.41, 5.74) is 0.675. The zero-order valence-corrected chi connectivity index (χ0v) is 10.8. The summed E-state index contributed by atoms with van der Waals surface area (Å²) < 4.78 is 0. The van der Waals surface area contributed by atoms with Crippen molar-refractivity contribution in [2.24, 2.45) is 0 Å². The molecule has 0 aliphatic rings. The van der Waals surface area contributed by atoms with Crippen molar-refractivity contribution < 1.29 is 4.79 Å². The van der Waals surface area contributed by atoms with Crippen molar-refractivity contribution in [1.29, 1.82) is 0 Å². The molecule has 0 spiro atoms. The Morgan fingerprint density at radius 2 is 2.20 bits per heavy atom. The van der Waals surface area contributed by atoms with E-state index in [1.54, 1.807) is 24.8 Å². The summed E-state index contributed by atoms with van der Waals surface area (Å²) in [5, 5.41) is 1.22. The molecule has 0 N–H and O–H groups in total. The van der Waals surface area contributed by atoms with Gasteiger partial charge in [-0.3, -0.25) is 4.79 Å². The van der Waals surface area contributed by atoms with Gasteiger partial charge in [0.05, 0.1) is 5.02 Å². The van der Waals surface area contributed by atoms with Gasteiger partial charge in [-0.05, 0) is 25.5 Å². The Hall–Kier alpha value is -0.470. The number of carbonyl (C=O) groups excluding carboxylic acids is 1. The van der Waals surface area contributed by atoms with Crippen molar-refractivity contribution in [2.75, 3.05) is 0 Å². The van der Waals surface area contributed by atoms with Gasteiger partial charge in [0, 0.05) is 15.7 Å². The molecule has 1 unspecified atom stereocenters. The van der Waals surface area contributed by atoms with Crippen LogP contribution in [0.3, 0.4) is 0 Å². The predicted octanol–water partition coefficient (Wildman–Crippen LogP) is 4.43. The molecule has 1 aromatic carbocycles. The molecule has 1 atom stereocenters. The molecule has 1 nitrogen and oxygen atoms in total. The lowest BCUT2D eigenvalue weighted by molar-refractivity contribution is 0.101. The summed E-state index contributed by atoms with van der Waals surface area (Å²) in [5.74, 6) is 0.0528. The molecule has 1 rings (SSSR count). The molecule has 1 aromatic rings. The largest absolute Gasteiger partial charge is 0.295 e. The molecule has 0 aliphatic heterocycles. The Bertz CT molecular complexity index is 363. The summed E-state index contributed by atoms with van der Waals surface area (Å²) in [4.78, 5) is 12.2. The summed E-state index contributed by atoms with van der Waals surface area (Å²) in [6.45, 7) is 5.86. The number of halogens is 1. The predicted molar refractivity (Wildman–Crippen MR) is 67.1 cm³/mol. The summed E-state index contributed by atoms with van der Waals surface area (Å²) >= 11 is 7.85. The first-order valence-electron chi connectivity index (χ1n) is 5.01. The van der Waals surface area contributed by atoms with Crippen molar-refractivity contribution in [2.45, 2.75) is 37.3 Å². The molecule has 0 saturated carbocycles. The number of Topliss-reactive ketones (excluding diaryl/α,β-unsaturated/α-hetero) is 1. The summed E-state index contributed by atoms with van der Waals surface area (Å²) in [6.07, 6.45) is 1.11. The SMILES string of the molecule is CCC(C)Sc1ccc(C(C)=O)cc1Cl. The molecule has 15 heavy (non-hydrogen) atoms. The molecule has 3 heteroatoms. The van der Waals surface area contributed by atoms with Gasteiger partial charge in [0.2, 0.25) is 0 Å². The highest BCUT2D eigenvalue weighted by Crippen LogP contribution is 2.32. The van der Waals surface area contributed by atoms with E-state index >= 15 is 0 Å². The van der Waals surface area contributed by atoms with Gasteiger partial charge >= 0.3 is 0 Å². The minimum absolute atomic E-state index is 0.0528. The van der Waals surface area contributed by atoms with Gasteiger partial charge in [-0.1, -0.05) is 31.5 Å². The van der Waals surface area contributed by atoms with Crippen LogP contribution in [0.5, 0.6) is 0 Å². The molecule has 0 fully saturated rings. The van der Waals surface area contributed by atoms with Gasteiger partial charge in [-0.15, -0.1) is 11.8 Å². The van der Waals surface area contributed by atoms with E-state index in [-0.39, 0.29) is 5.78 Å². The van der Waals surface area contributed by atoms with Crippen LogP contribution in [0.1, 0.15) is 37.6 Å². The monoisotopic (exact) mass is 242 g/mol. The molecule has 0 saturated heterocycles. The van der Waals surface area contributed by atoms with Gasteiger partial charge < -0.3 is 0 Å². The normalized spacial score (nSPS) is 12.5. The molecule has 0 radical (unpaired) electrons. The number of hydrogen-bond acceptors (Lipinski definition) is 2. The molecule has 0 bridgehead atoms. The van der Waals surface area contributed by atoms with Gasteiger partial charge in [-0.25, -0.2) is 0 Å². The third kappa shape index (κ3) is 3.54. The van der Waals surface area contributed by atoms with Crippen LogP contribution in [0.2, 0.25) is 5.02 Å². The van der Waals surface area contributed by atoms with E-state index in [0.717, 1.165) is 11.3 Å². The highest BCUT2D eigenvalue weighted by molar-refractivity contribution is 8.00. The molecule has 82 valence electrons. The van der Waals surface area contributed by atoms with Crippen LogP contribution in [-0.4, -0.2) is 11.0 Å². The van der Waals surface area contributed by atoms with Crippen LogP contribution >= 0.6 is 23.4 Å². The van der Waals surface area contributed by atoms with Crippen molar-refractivity contribution in [3.63, 3.8) is 0 Å². The minimum Gasteiger partial charge on any atom is -0.295 e. The lowest BCUT2D eigenvalue weighted by Crippen LogP contribution is -1.95. The van der Waals surface area contributed by atoms with E-state index in [0.29, 0.717) is 15.8 Å².